The van der Waals surface area contributed by atoms with Crippen molar-refractivity contribution in [1.82, 2.24) is 0 Å². The van der Waals surface area contributed by atoms with Crippen molar-refractivity contribution in [2.24, 2.45) is 0 Å². The van der Waals surface area contributed by atoms with Gasteiger partial charge >= 0.3 is 0 Å². The lowest BCUT2D eigenvalue weighted by Crippen LogP contribution is -2.93. The highest BCUT2D eigenvalue weighted by Gasteiger charge is 2.18. The fraction of sp³-hybridized carbons (Fsp3) is 0.385. The fourth-order valence-corrected chi connectivity index (χ4v) is 1.74. The molecule has 0 radical (unpaired) electrons. The highest BCUT2D eigenvalue weighted by Crippen LogP contribution is 2.17. The third kappa shape index (κ3) is 5.57. The van der Waals surface area contributed by atoms with Gasteiger partial charge in [-0.3, -0.25) is 14.9 Å². The predicted octanol–water partition coefficient (Wildman–Crippen LogP) is -0.985. The van der Waals surface area contributed by atoms with Crippen molar-refractivity contribution in [3.05, 3.63) is 34.4 Å². The molecule has 0 aliphatic carbocycles. The van der Waals surface area contributed by atoms with Crippen molar-refractivity contribution >= 4 is 23.3 Å². The average molecular weight is 295 g/mol. The van der Waals surface area contributed by atoms with E-state index < -0.39 is 22.8 Å². The monoisotopic (exact) mass is 295 g/mol. The summed E-state index contributed by atoms with van der Waals surface area (Å²) in [5.74, 6) is -1.84. The number of carboxylic acid groups (broad SMARTS) is 1. The lowest BCUT2D eigenvalue weighted by atomic mass is 10.2. The molecule has 8 heteroatoms. The zero-order chi connectivity index (χ0) is 15.8. The highest BCUT2D eigenvalue weighted by molar-refractivity contribution is 5.93. The van der Waals surface area contributed by atoms with Crippen molar-refractivity contribution in [3.8, 4) is 0 Å². The zero-order valence-corrected chi connectivity index (χ0v) is 11.6. The molecule has 0 saturated carbocycles. The van der Waals surface area contributed by atoms with E-state index in [4.69, 9.17) is 0 Å². The summed E-state index contributed by atoms with van der Waals surface area (Å²) in [4.78, 5) is 32.8. The van der Waals surface area contributed by atoms with Crippen molar-refractivity contribution < 1.29 is 24.9 Å². The number of amides is 1. The van der Waals surface area contributed by atoms with Gasteiger partial charge in [0.25, 0.3) is 5.69 Å². The van der Waals surface area contributed by atoms with Gasteiger partial charge in [-0.1, -0.05) is 13.0 Å². The number of nitrogens with one attached hydrogen (secondary N) is 1. The molecule has 1 aromatic rings. The predicted molar refractivity (Wildman–Crippen MR) is 72.2 cm³/mol. The Kier molecular flexibility index (Phi) is 6.28. The van der Waals surface area contributed by atoms with Crippen molar-refractivity contribution in [3.63, 3.8) is 0 Å². The number of carbonyl (C=O) groups excluding carboxylic acids is 2. The van der Waals surface area contributed by atoms with Crippen LogP contribution in [0.1, 0.15) is 19.8 Å². The summed E-state index contributed by atoms with van der Waals surface area (Å²) in [5.41, 5.74) is 0.101. The number of benzene rings is 1. The molecule has 0 fully saturated rings. The summed E-state index contributed by atoms with van der Waals surface area (Å²) >= 11 is 0. The van der Waals surface area contributed by atoms with Crippen molar-refractivity contribution in [2.45, 2.75) is 25.8 Å². The molecule has 0 heterocycles. The minimum Gasteiger partial charge on any atom is -0.544 e. The van der Waals surface area contributed by atoms with Gasteiger partial charge in [0, 0.05) is 17.8 Å². The lowest BCUT2D eigenvalue weighted by Gasteiger charge is -2.15. The number of hydrogen-bond donors (Lipinski definition) is 2. The second kappa shape index (κ2) is 7.95. The summed E-state index contributed by atoms with van der Waals surface area (Å²) in [6.45, 7) is 2.47. The van der Waals surface area contributed by atoms with Gasteiger partial charge in [-0.25, -0.2) is 0 Å². The number of rotatable bonds is 8. The number of hydrogen-bond acceptors (Lipinski definition) is 5. The van der Waals surface area contributed by atoms with E-state index in [1.54, 1.807) is 0 Å². The first-order valence-corrected chi connectivity index (χ1v) is 6.52. The second-order valence-corrected chi connectivity index (χ2v) is 4.51. The molecule has 114 valence electrons. The third-order valence-electron chi connectivity index (χ3n) is 2.79. The lowest BCUT2D eigenvalue weighted by molar-refractivity contribution is -0.682. The summed E-state index contributed by atoms with van der Waals surface area (Å²) in [7, 11) is 0. The number of nitro benzene ring substituents is 1. The Morgan fingerprint density at radius 3 is 2.71 bits per heavy atom. The molecule has 0 spiro atoms. The first kappa shape index (κ1) is 16.6. The Hall–Kier alpha value is -2.48. The van der Waals surface area contributed by atoms with Gasteiger partial charge in [0.1, 0.15) is 6.04 Å². The molecule has 0 saturated heterocycles. The zero-order valence-electron chi connectivity index (χ0n) is 11.6. The van der Waals surface area contributed by atoms with Crippen LogP contribution < -0.4 is 15.7 Å². The molecule has 1 amide bonds. The van der Waals surface area contributed by atoms with Crippen LogP contribution in [0.15, 0.2) is 24.3 Å². The van der Waals surface area contributed by atoms with E-state index >= 15 is 0 Å². The van der Waals surface area contributed by atoms with Crippen LogP contribution in [0.25, 0.3) is 0 Å². The number of nitrogens with two attached hydrogens (primary N) is 1. The first-order valence-electron chi connectivity index (χ1n) is 6.52. The first-order chi connectivity index (χ1) is 9.93. The Labute approximate surface area is 121 Å². The van der Waals surface area contributed by atoms with E-state index in [0.717, 1.165) is 6.42 Å². The number of nitro groups is 1. The molecule has 0 aliphatic rings. The van der Waals surface area contributed by atoms with Gasteiger partial charge in [0.05, 0.1) is 23.9 Å². The number of aliphatic carboxylic acids is 1. The molecule has 0 aliphatic heterocycles. The molecule has 0 bridgehead atoms. The van der Waals surface area contributed by atoms with Gasteiger partial charge in [0.2, 0.25) is 5.91 Å². The summed E-state index contributed by atoms with van der Waals surface area (Å²) in [6, 6.07) is 4.47. The number of anilines is 1. The van der Waals surface area contributed by atoms with Gasteiger partial charge in [-0.2, -0.15) is 0 Å². The van der Waals surface area contributed by atoms with Gasteiger partial charge < -0.3 is 20.5 Å². The van der Waals surface area contributed by atoms with E-state index in [9.17, 15) is 24.8 Å². The molecular formula is C13H17N3O5. The number of nitrogens with zero attached hydrogens (tertiary/aromatic N) is 1. The molecule has 1 rings (SSSR count). The minimum absolute atomic E-state index is 0.151. The maximum Gasteiger partial charge on any atom is 0.271 e. The molecule has 3 N–H and O–H groups in total. The molecule has 0 aromatic heterocycles. The largest absolute Gasteiger partial charge is 0.544 e. The number of carboxylic acids is 1. The van der Waals surface area contributed by atoms with Crippen LogP contribution in [-0.4, -0.2) is 29.4 Å². The number of carbonyl (C=O) groups is 2. The van der Waals surface area contributed by atoms with E-state index in [1.807, 2.05) is 6.92 Å². The van der Waals surface area contributed by atoms with E-state index in [1.165, 1.54) is 29.6 Å². The van der Waals surface area contributed by atoms with E-state index in [0.29, 0.717) is 6.54 Å². The molecule has 0 unspecified atom stereocenters. The third-order valence-corrected chi connectivity index (χ3v) is 2.79. The summed E-state index contributed by atoms with van der Waals surface area (Å²) in [5, 5.41) is 25.5. The fourth-order valence-electron chi connectivity index (χ4n) is 1.74. The smallest absolute Gasteiger partial charge is 0.271 e. The average Bonchev–Trinajstić information content (AvgIpc) is 2.43. The number of non-ortho nitro benzene ring substituents is 1. The summed E-state index contributed by atoms with van der Waals surface area (Å²) in [6.07, 6.45) is 0.515. The van der Waals surface area contributed by atoms with E-state index in [2.05, 4.69) is 5.32 Å². The molecule has 8 nitrogen and oxygen atoms in total. The molecule has 21 heavy (non-hydrogen) atoms. The standard InChI is InChI=1S/C13H17N3O5/c1-2-6-14-11(13(18)19)8-12(17)15-9-4-3-5-10(7-9)16(20)21/h3-5,7,11,14H,2,6,8H2,1H3,(H,15,17)(H,18,19)/t11-/m1/s1. The normalized spacial score (nSPS) is 11.7. The molecule has 1 atom stereocenters. The number of quaternary nitrogens is 1. The topological polar surface area (TPSA) is 129 Å². The van der Waals surface area contributed by atoms with Crippen LogP contribution in [0.5, 0.6) is 0 Å². The minimum atomic E-state index is -1.31. The highest BCUT2D eigenvalue weighted by atomic mass is 16.6. The molecular weight excluding hydrogens is 278 g/mol. The van der Waals surface area contributed by atoms with Crippen LogP contribution in [0.3, 0.4) is 0 Å². The van der Waals surface area contributed by atoms with Gasteiger partial charge in [-0.15, -0.1) is 0 Å². The van der Waals surface area contributed by atoms with Crippen LogP contribution in [0.2, 0.25) is 0 Å². The van der Waals surface area contributed by atoms with Gasteiger partial charge in [0.15, 0.2) is 0 Å². The van der Waals surface area contributed by atoms with Gasteiger partial charge in [-0.05, 0) is 12.5 Å². The Morgan fingerprint density at radius 2 is 2.14 bits per heavy atom. The second-order valence-electron chi connectivity index (χ2n) is 4.51. The maximum atomic E-state index is 11.8. The molecule has 1 aromatic carbocycles. The quantitative estimate of drug-likeness (QED) is 0.470. The SMILES string of the molecule is CCC[NH2+][C@H](CC(=O)Nc1cccc([N+](=O)[O-])c1)C(=O)[O-]. The van der Waals surface area contributed by atoms with E-state index in [-0.39, 0.29) is 17.8 Å². The Morgan fingerprint density at radius 1 is 1.43 bits per heavy atom. The van der Waals surface area contributed by atoms with Crippen LogP contribution >= 0.6 is 0 Å². The Balaban J connectivity index is 2.65. The van der Waals surface area contributed by atoms with Crippen LogP contribution in [0.4, 0.5) is 11.4 Å². The maximum absolute atomic E-state index is 11.8. The van der Waals surface area contributed by atoms with Crippen molar-refractivity contribution in [2.75, 3.05) is 11.9 Å². The summed E-state index contributed by atoms with van der Waals surface area (Å²) < 4.78 is 0. The van der Waals surface area contributed by atoms with Crippen molar-refractivity contribution in [1.29, 1.82) is 0 Å². The van der Waals surface area contributed by atoms with Crippen LogP contribution in [0, 0.1) is 10.1 Å². The van der Waals surface area contributed by atoms with Crippen LogP contribution in [-0.2, 0) is 9.59 Å². The Bertz CT molecular complexity index is 532.